The predicted octanol–water partition coefficient (Wildman–Crippen LogP) is 1.63. The predicted molar refractivity (Wildman–Crippen MR) is 85.4 cm³/mol. The first kappa shape index (κ1) is 15.1. The molecule has 1 aliphatic heterocycles. The summed E-state index contributed by atoms with van der Waals surface area (Å²) in [4.78, 5) is 2.47. The molecular formula is C15H20N4O2S. The summed E-state index contributed by atoms with van der Waals surface area (Å²) in [5.41, 5.74) is 0.762. The summed E-state index contributed by atoms with van der Waals surface area (Å²) >= 11 is 0. The van der Waals surface area contributed by atoms with E-state index in [2.05, 4.69) is 14.7 Å². The summed E-state index contributed by atoms with van der Waals surface area (Å²) in [5.74, 6) is 0. The van der Waals surface area contributed by atoms with Crippen molar-refractivity contribution in [1.29, 1.82) is 0 Å². The third kappa shape index (κ3) is 2.86. The van der Waals surface area contributed by atoms with E-state index in [1.165, 1.54) is 0 Å². The summed E-state index contributed by atoms with van der Waals surface area (Å²) in [6.45, 7) is 3.75. The Balaban J connectivity index is 1.87. The van der Waals surface area contributed by atoms with Gasteiger partial charge in [-0.2, -0.15) is 5.10 Å². The Morgan fingerprint density at radius 1 is 1.32 bits per heavy atom. The van der Waals surface area contributed by atoms with Gasteiger partial charge in [0.1, 0.15) is 4.90 Å². The van der Waals surface area contributed by atoms with Crippen molar-refractivity contribution >= 4 is 15.7 Å². The van der Waals surface area contributed by atoms with E-state index >= 15 is 0 Å². The highest BCUT2D eigenvalue weighted by molar-refractivity contribution is 7.89. The molecule has 0 spiro atoms. The second-order valence-corrected chi connectivity index (χ2v) is 7.08. The smallest absolute Gasteiger partial charge is 0.242 e. The van der Waals surface area contributed by atoms with E-state index < -0.39 is 10.0 Å². The SMILES string of the molecule is CCNS(=O)(=O)c1ccccc1N1CCC(n2cccn2)C1. The molecule has 1 unspecified atom stereocenters. The van der Waals surface area contributed by atoms with Gasteiger partial charge in [-0.25, -0.2) is 13.1 Å². The molecule has 118 valence electrons. The first-order valence-corrected chi connectivity index (χ1v) is 8.93. The van der Waals surface area contributed by atoms with Gasteiger partial charge in [-0.15, -0.1) is 0 Å². The molecule has 0 aliphatic carbocycles. The van der Waals surface area contributed by atoms with Crippen molar-refractivity contribution in [3.8, 4) is 0 Å². The van der Waals surface area contributed by atoms with E-state index in [4.69, 9.17) is 0 Å². The molecule has 0 bridgehead atoms. The first-order chi connectivity index (χ1) is 10.6. The number of aromatic nitrogens is 2. The van der Waals surface area contributed by atoms with E-state index in [0.29, 0.717) is 11.4 Å². The molecule has 2 aromatic rings. The lowest BCUT2D eigenvalue weighted by atomic mass is 10.3. The molecule has 1 N–H and O–H groups in total. The van der Waals surface area contributed by atoms with Crippen LogP contribution in [0.5, 0.6) is 0 Å². The number of hydrogen-bond acceptors (Lipinski definition) is 4. The topological polar surface area (TPSA) is 67.2 Å². The Hall–Kier alpha value is -1.86. The average molecular weight is 320 g/mol. The van der Waals surface area contributed by atoms with Crippen molar-refractivity contribution in [2.24, 2.45) is 0 Å². The highest BCUT2D eigenvalue weighted by Crippen LogP contribution is 2.31. The van der Waals surface area contributed by atoms with Gasteiger partial charge in [-0.3, -0.25) is 4.68 Å². The maximum Gasteiger partial charge on any atom is 0.242 e. The van der Waals surface area contributed by atoms with Gasteiger partial charge in [0.25, 0.3) is 0 Å². The third-order valence-electron chi connectivity index (χ3n) is 3.89. The Kier molecular flexibility index (Phi) is 4.17. The van der Waals surface area contributed by atoms with Crippen molar-refractivity contribution in [2.45, 2.75) is 24.3 Å². The molecule has 1 aliphatic rings. The molecule has 2 heterocycles. The summed E-state index contributed by atoms with van der Waals surface area (Å²) < 4.78 is 29.2. The van der Waals surface area contributed by atoms with Crippen LogP contribution in [0.15, 0.2) is 47.6 Å². The molecule has 0 saturated carbocycles. The number of para-hydroxylation sites is 1. The number of anilines is 1. The molecule has 0 amide bonds. The third-order valence-corrected chi connectivity index (χ3v) is 5.49. The van der Waals surface area contributed by atoms with Crippen LogP contribution in [0.2, 0.25) is 0 Å². The first-order valence-electron chi connectivity index (χ1n) is 7.44. The van der Waals surface area contributed by atoms with Crippen molar-refractivity contribution in [3.05, 3.63) is 42.7 Å². The van der Waals surface area contributed by atoms with E-state index in [1.54, 1.807) is 25.3 Å². The molecule has 22 heavy (non-hydrogen) atoms. The Morgan fingerprint density at radius 2 is 2.14 bits per heavy atom. The fourth-order valence-corrected chi connectivity index (χ4v) is 4.15. The minimum atomic E-state index is -3.46. The van der Waals surface area contributed by atoms with Crippen LogP contribution in [0, 0.1) is 0 Å². The van der Waals surface area contributed by atoms with Crippen molar-refractivity contribution in [1.82, 2.24) is 14.5 Å². The highest BCUT2D eigenvalue weighted by Gasteiger charge is 2.28. The Bertz CT molecular complexity index is 728. The van der Waals surface area contributed by atoms with Gasteiger partial charge in [0, 0.05) is 32.0 Å². The molecule has 0 radical (unpaired) electrons. The number of nitrogens with one attached hydrogen (secondary N) is 1. The van der Waals surface area contributed by atoms with Crippen LogP contribution in [-0.4, -0.2) is 37.8 Å². The van der Waals surface area contributed by atoms with Gasteiger partial charge in [0.2, 0.25) is 10.0 Å². The van der Waals surface area contributed by atoms with Gasteiger partial charge in [0.05, 0.1) is 11.7 Å². The summed E-state index contributed by atoms with van der Waals surface area (Å²) in [7, 11) is -3.46. The number of hydrogen-bond donors (Lipinski definition) is 1. The lowest BCUT2D eigenvalue weighted by molar-refractivity contribution is 0.494. The minimum Gasteiger partial charge on any atom is -0.368 e. The zero-order chi connectivity index (χ0) is 15.6. The van der Waals surface area contributed by atoms with Crippen LogP contribution in [0.3, 0.4) is 0 Å². The Morgan fingerprint density at radius 3 is 2.86 bits per heavy atom. The van der Waals surface area contributed by atoms with Crippen LogP contribution in [0.1, 0.15) is 19.4 Å². The van der Waals surface area contributed by atoms with Crippen LogP contribution in [0.4, 0.5) is 5.69 Å². The van der Waals surface area contributed by atoms with Crippen molar-refractivity contribution in [2.75, 3.05) is 24.5 Å². The molecule has 1 saturated heterocycles. The van der Waals surface area contributed by atoms with E-state index in [0.717, 1.165) is 25.2 Å². The van der Waals surface area contributed by atoms with Crippen LogP contribution in [-0.2, 0) is 10.0 Å². The second-order valence-electron chi connectivity index (χ2n) is 5.34. The van der Waals surface area contributed by atoms with Crippen molar-refractivity contribution < 1.29 is 8.42 Å². The zero-order valence-corrected chi connectivity index (χ0v) is 13.3. The molecular weight excluding hydrogens is 300 g/mol. The normalized spacial score (nSPS) is 18.8. The fourth-order valence-electron chi connectivity index (χ4n) is 2.89. The fraction of sp³-hybridized carbons (Fsp3) is 0.400. The lowest BCUT2D eigenvalue weighted by Gasteiger charge is -2.22. The Labute approximate surface area is 130 Å². The van der Waals surface area contributed by atoms with Crippen LogP contribution >= 0.6 is 0 Å². The number of nitrogens with zero attached hydrogens (tertiary/aromatic N) is 3. The molecule has 6 nitrogen and oxygen atoms in total. The monoisotopic (exact) mass is 320 g/mol. The number of rotatable bonds is 5. The number of sulfonamides is 1. The summed E-state index contributed by atoms with van der Waals surface area (Å²) in [6.07, 6.45) is 4.68. The largest absolute Gasteiger partial charge is 0.368 e. The van der Waals surface area contributed by atoms with E-state index in [9.17, 15) is 8.42 Å². The maximum atomic E-state index is 12.4. The molecule has 7 heteroatoms. The lowest BCUT2D eigenvalue weighted by Crippen LogP contribution is -2.28. The molecule has 1 fully saturated rings. The van der Waals surface area contributed by atoms with Crippen LogP contribution < -0.4 is 9.62 Å². The van der Waals surface area contributed by atoms with E-state index in [-0.39, 0.29) is 6.04 Å². The van der Waals surface area contributed by atoms with Gasteiger partial charge in [-0.05, 0) is 24.6 Å². The molecule has 1 aromatic carbocycles. The maximum absolute atomic E-state index is 12.4. The molecule has 1 atom stereocenters. The van der Waals surface area contributed by atoms with Gasteiger partial charge in [0.15, 0.2) is 0 Å². The van der Waals surface area contributed by atoms with Gasteiger partial charge in [-0.1, -0.05) is 19.1 Å². The zero-order valence-electron chi connectivity index (χ0n) is 12.5. The van der Waals surface area contributed by atoms with Gasteiger partial charge >= 0.3 is 0 Å². The summed E-state index contributed by atoms with van der Waals surface area (Å²) in [6, 6.07) is 9.36. The summed E-state index contributed by atoms with van der Waals surface area (Å²) in [5, 5.41) is 4.29. The van der Waals surface area contributed by atoms with Gasteiger partial charge < -0.3 is 4.90 Å². The standard InChI is InChI=1S/C15H20N4O2S/c1-2-17-22(20,21)15-7-4-3-6-14(15)18-11-8-13(12-18)19-10-5-9-16-19/h3-7,9-10,13,17H,2,8,11-12H2,1H3. The molecule has 3 rings (SSSR count). The number of benzene rings is 1. The quantitative estimate of drug-likeness (QED) is 0.909. The highest BCUT2D eigenvalue weighted by atomic mass is 32.2. The van der Waals surface area contributed by atoms with Crippen molar-refractivity contribution in [3.63, 3.8) is 0 Å². The average Bonchev–Trinajstić information content (AvgIpc) is 3.18. The van der Waals surface area contributed by atoms with Crippen LogP contribution in [0.25, 0.3) is 0 Å². The second kappa shape index (κ2) is 6.10. The van der Waals surface area contributed by atoms with E-state index in [1.807, 2.05) is 29.1 Å². The minimum absolute atomic E-state index is 0.282. The molecule has 1 aromatic heterocycles.